The molecule has 0 radical (unpaired) electrons. The first-order valence-corrected chi connectivity index (χ1v) is 11.3. The summed E-state index contributed by atoms with van der Waals surface area (Å²) in [4.78, 5) is 37.6. The minimum atomic E-state index is -0.861. The quantitative estimate of drug-likeness (QED) is 0.527. The van der Waals surface area contributed by atoms with E-state index in [4.69, 9.17) is 10.5 Å². The van der Waals surface area contributed by atoms with E-state index >= 15 is 0 Å². The minimum Gasteiger partial charge on any atom is -0.454 e. The highest BCUT2D eigenvalue weighted by Gasteiger charge is 2.22. The third-order valence-corrected chi connectivity index (χ3v) is 5.32. The van der Waals surface area contributed by atoms with Crippen molar-refractivity contribution in [2.24, 2.45) is 5.73 Å². The van der Waals surface area contributed by atoms with Crippen molar-refractivity contribution < 1.29 is 19.1 Å². The molecular formula is C20H30N4O4S. The first-order valence-electron chi connectivity index (χ1n) is 9.86. The number of nitrogens with one attached hydrogen (secondary N) is 2. The largest absolute Gasteiger partial charge is 0.454 e. The van der Waals surface area contributed by atoms with Gasteiger partial charge in [0.15, 0.2) is 6.61 Å². The Morgan fingerprint density at radius 3 is 2.38 bits per heavy atom. The number of primary amides is 1. The fourth-order valence-corrected chi connectivity index (χ4v) is 3.65. The van der Waals surface area contributed by atoms with E-state index in [1.165, 1.54) is 37.4 Å². The first-order chi connectivity index (χ1) is 14.0. The van der Waals surface area contributed by atoms with Crippen LogP contribution in [0.1, 0.15) is 32.1 Å². The molecule has 0 aliphatic carbocycles. The lowest BCUT2D eigenvalue weighted by Crippen LogP contribution is -2.45. The Morgan fingerprint density at radius 1 is 1.14 bits per heavy atom. The van der Waals surface area contributed by atoms with E-state index < -0.39 is 30.6 Å². The number of nitrogens with two attached hydrogens (primary N) is 1. The summed E-state index contributed by atoms with van der Waals surface area (Å²) in [5, 5.41) is 5.06. The summed E-state index contributed by atoms with van der Waals surface area (Å²) in [5.41, 5.74) is 6.87. The van der Waals surface area contributed by atoms with E-state index in [9.17, 15) is 14.4 Å². The topological polar surface area (TPSA) is 114 Å². The number of esters is 1. The van der Waals surface area contributed by atoms with Crippen LogP contribution in [0, 0.1) is 0 Å². The maximum absolute atomic E-state index is 12.1. The van der Waals surface area contributed by atoms with Crippen LogP contribution in [0.3, 0.4) is 0 Å². The summed E-state index contributed by atoms with van der Waals surface area (Å²) in [7, 11) is 0. The van der Waals surface area contributed by atoms with Crippen LogP contribution in [-0.4, -0.2) is 55.7 Å². The highest BCUT2D eigenvalue weighted by atomic mass is 32.2. The van der Waals surface area contributed by atoms with Crippen LogP contribution >= 0.6 is 11.8 Å². The Kier molecular flexibility index (Phi) is 9.63. The van der Waals surface area contributed by atoms with E-state index in [1.54, 1.807) is 0 Å². The molecule has 1 aliphatic heterocycles. The van der Waals surface area contributed by atoms with E-state index in [-0.39, 0.29) is 0 Å². The average molecular weight is 423 g/mol. The maximum atomic E-state index is 12.1. The van der Waals surface area contributed by atoms with Gasteiger partial charge in [0, 0.05) is 24.5 Å². The zero-order valence-electron chi connectivity index (χ0n) is 16.8. The fourth-order valence-electron chi connectivity index (χ4n) is 3.18. The fraction of sp³-hybridized carbons (Fsp3) is 0.550. The number of amides is 3. The van der Waals surface area contributed by atoms with E-state index in [2.05, 4.69) is 15.5 Å². The molecule has 0 saturated carbocycles. The van der Waals surface area contributed by atoms with Gasteiger partial charge in [-0.3, -0.25) is 4.79 Å². The van der Waals surface area contributed by atoms with Crippen LogP contribution in [0.5, 0.6) is 0 Å². The van der Waals surface area contributed by atoms with Gasteiger partial charge in [0.2, 0.25) is 0 Å². The Morgan fingerprint density at radius 2 is 1.79 bits per heavy atom. The van der Waals surface area contributed by atoms with Gasteiger partial charge in [-0.1, -0.05) is 12.8 Å². The van der Waals surface area contributed by atoms with Crippen molar-refractivity contribution in [1.29, 1.82) is 0 Å². The zero-order valence-corrected chi connectivity index (χ0v) is 17.6. The summed E-state index contributed by atoms with van der Waals surface area (Å²) in [6.07, 6.45) is 7.21. The van der Waals surface area contributed by atoms with Crippen molar-refractivity contribution in [3.63, 3.8) is 0 Å². The van der Waals surface area contributed by atoms with Crippen molar-refractivity contribution in [3.8, 4) is 0 Å². The SMILES string of the molecule is CSCC[C@H](NC(N)=O)C(=O)OCC(=O)Nc1ccc(N2CCCCCC2)cc1. The van der Waals surface area contributed by atoms with Gasteiger partial charge in [0.05, 0.1) is 0 Å². The number of hydrogen-bond donors (Lipinski definition) is 3. The van der Waals surface area contributed by atoms with E-state index in [0.717, 1.165) is 18.8 Å². The van der Waals surface area contributed by atoms with Crippen molar-refractivity contribution in [1.82, 2.24) is 5.32 Å². The number of thioether (sulfide) groups is 1. The predicted molar refractivity (Wildman–Crippen MR) is 116 cm³/mol. The monoisotopic (exact) mass is 422 g/mol. The molecule has 1 heterocycles. The molecule has 160 valence electrons. The molecule has 0 spiro atoms. The maximum Gasteiger partial charge on any atom is 0.329 e. The first kappa shape index (κ1) is 22.9. The van der Waals surface area contributed by atoms with Gasteiger partial charge in [-0.2, -0.15) is 11.8 Å². The summed E-state index contributed by atoms with van der Waals surface area (Å²) in [6.45, 7) is 1.68. The number of carbonyl (C=O) groups excluding carboxylic acids is 3. The number of hydrogen-bond acceptors (Lipinski definition) is 6. The number of rotatable bonds is 9. The van der Waals surface area contributed by atoms with Gasteiger partial charge in [-0.15, -0.1) is 0 Å². The molecule has 1 aromatic rings. The van der Waals surface area contributed by atoms with E-state index in [1.807, 2.05) is 30.5 Å². The average Bonchev–Trinajstić information content (AvgIpc) is 2.99. The molecule has 0 unspecified atom stereocenters. The second kappa shape index (κ2) is 12.2. The normalized spacial score (nSPS) is 15.1. The highest BCUT2D eigenvalue weighted by molar-refractivity contribution is 7.98. The molecule has 1 aliphatic rings. The van der Waals surface area contributed by atoms with Crippen LogP contribution in [0.2, 0.25) is 0 Å². The summed E-state index contributed by atoms with van der Waals surface area (Å²) >= 11 is 1.53. The number of benzene rings is 1. The second-order valence-electron chi connectivity index (χ2n) is 6.95. The lowest BCUT2D eigenvalue weighted by molar-refractivity contribution is -0.149. The Labute approximate surface area is 175 Å². The van der Waals surface area contributed by atoms with Gasteiger partial charge in [0.1, 0.15) is 6.04 Å². The molecule has 4 N–H and O–H groups in total. The van der Waals surface area contributed by atoms with Crippen molar-refractivity contribution in [2.75, 3.05) is 41.9 Å². The zero-order chi connectivity index (χ0) is 21.1. The number of anilines is 2. The van der Waals surface area contributed by atoms with Crippen LogP contribution in [0.15, 0.2) is 24.3 Å². The summed E-state index contributed by atoms with van der Waals surface area (Å²) in [5.74, 6) is -0.469. The van der Waals surface area contributed by atoms with Gasteiger partial charge in [-0.05, 0) is 55.5 Å². The molecular weight excluding hydrogens is 392 g/mol. The van der Waals surface area contributed by atoms with E-state index in [0.29, 0.717) is 17.9 Å². The standard InChI is InChI=1S/C20H30N4O4S/c1-29-13-10-17(23-20(21)27)19(26)28-14-18(25)22-15-6-8-16(9-7-15)24-11-4-2-3-5-12-24/h6-9,17H,2-5,10-14H2,1H3,(H,22,25)(H3,21,23,27)/t17-/m0/s1. The number of ether oxygens (including phenoxy) is 1. The lowest BCUT2D eigenvalue weighted by Gasteiger charge is -2.22. The molecule has 9 heteroatoms. The second-order valence-corrected chi connectivity index (χ2v) is 7.93. The lowest BCUT2D eigenvalue weighted by atomic mass is 10.2. The number of urea groups is 1. The molecule has 1 atom stereocenters. The molecule has 2 rings (SSSR count). The predicted octanol–water partition coefficient (Wildman–Crippen LogP) is 2.34. The molecule has 1 fully saturated rings. The molecule has 0 bridgehead atoms. The van der Waals surface area contributed by atoms with Gasteiger partial charge < -0.3 is 26.0 Å². The van der Waals surface area contributed by atoms with Gasteiger partial charge in [-0.25, -0.2) is 9.59 Å². The van der Waals surface area contributed by atoms with Gasteiger partial charge in [0.25, 0.3) is 5.91 Å². The summed E-state index contributed by atoms with van der Waals surface area (Å²) < 4.78 is 5.03. The Bertz CT molecular complexity index is 676. The smallest absolute Gasteiger partial charge is 0.329 e. The third kappa shape index (κ3) is 8.23. The number of nitrogens with zero attached hydrogens (tertiary/aromatic N) is 1. The van der Waals surface area contributed by atoms with Crippen molar-refractivity contribution >= 4 is 41.0 Å². The van der Waals surface area contributed by atoms with Crippen LogP contribution in [-0.2, 0) is 14.3 Å². The Hall–Kier alpha value is -2.42. The van der Waals surface area contributed by atoms with Crippen LogP contribution in [0.25, 0.3) is 0 Å². The minimum absolute atomic E-state index is 0.378. The molecule has 29 heavy (non-hydrogen) atoms. The summed E-state index contributed by atoms with van der Waals surface area (Å²) in [6, 6.07) is 6.00. The molecule has 3 amide bonds. The van der Waals surface area contributed by atoms with Gasteiger partial charge >= 0.3 is 12.0 Å². The highest BCUT2D eigenvalue weighted by Crippen LogP contribution is 2.21. The number of carbonyl (C=O) groups is 3. The van der Waals surface area contributed by atoms with Crippen molar-refractivity contribution in [2.45, 2.75) is 38.1 Å². The Balaban J connectivity index is 1.81. The van der Waals surface area contributed by atoms with Crippen molar-refractivity contribution in [3.05, 3.63) is 24.3 Å². The molecule has 8 nitrogen and oxygen atoms in total. The molecule has 1 saturated heterocycles. The third-order valence-electron chi connectivity index (χ3n) is 4.68. The molecule has 1 aromatic carbocycles. The van der Waals surface area contributed by atoms with Crippen LogP contribution < -0.4 is 21.3 Å². The van der Waals surface area contributed by atoms with Crippen LogP contribution in [0.4, 0.5) is 16.2 Å². The molecule has 0 aromatic heterocycles.